The summed E-state index contributed by atoms with van der Waals surface area (Å²) in [6.45, 7) is 3.15. The number of hydrogen-bond acceptors (Lipinski definition) is 9. The Hall–Kier alpha value is -3.61. The molecule has 0 bridgehead atoms. The van der Waals surface area contributed by atoms with Crippen molar-refractivity contribution in [2.45, 2.75) is 19.8 Å². The molecule has 1 aliphatic rings. The second kappa shape index (κ2) is 8.18. The summed E-state index contributed by atoms with van der Waals surface area (Å²) in [5, 5.41) is 20.7. The predicted molar refractivity (Wildman–Crippen MR) is 90.0 cm³/mol. The van der Waals surface area contributed by atoms with Crippen LogP contribution in [0.15, 0.2) is 29.7 Å². The number of nitrogens with two attached hydrogens (primary N) is 1. The second-order valence-electron chi connectivity index (χ2n) is 5.42. The van der Waals surface area contributed by atoms with E-state index in [-0.39, 0.29) is 41.7 Å². The minimum Gasteiger partial charge on any atom is -0.465 e. The Bertz CT molecular complexity index is 857. The summed E-state index contributed by atoms with van der Waals surface area (Å²) in [4.78, 5) is 35.2. The van der Waals surface area contributed by atoms with E-state index in [9.17, 15) is 25.0 Å². The summed E-state index contributed by atoms with van der Waals surface area (Å²) in [6, 6.07) is 5.40. The standard InChI is InChI=1S/C17H17N3O7/c1-3-25-16(21)11(8-18)13-10-7-9(20(23)24)5-6-12(10)27-15(19)14(13)17(22)26-4-2/h5-7,11,13H,3-4,19H2,1-2H3. The Balaban J connectivity index is 2.69. The number of rotatable bonds is 6. The van der Waals surface area contributed by atoms with Crippen molar-refractivity contribution in [2.75, 3.05) is 13.2 Å². The lowest BCUT2D eigenvalue weighted by atomic mass is 9.79. The van der Waals surface area contributed by atoms with Gasteiger partial charge >= 0.3 is 11.9 Å². The van der Waals surface area contributed by atoms with E-state index in [2.05, 4.69) is 0 Å². The third-order valence-corrected chi connectivity index (χ3v) is 3.84. The van der Waals surface area contributed by atoms with E-state index in [1.54, 1.807) is 19.9 Å². The number of esters is 2. The van der Waals surface area contributed by atoms with Gasteiger partial charge in [-0.1, -0.05) is 0 Å². The van der Waals surface area contributed by atoms with Gasteiger partial charge in [0.2, 0.25) is 5.88 Å². The van der Waals surface area contributed by atoms with E-state index in [0.29, 0.717) is 0 Å². The first-order valence-electron chi connectivity index (χ1n) is 8.04. The minimum atomic E-state index is -1.48. The van der Waals surface area contributed by atoms with E-state index < -0.39 is 28.7 Å². The van der Waals surface area contributed by atoms with Gasteiger partial charge in [-0.05, 0) is 19.9 Å². The number of nitro groups is 1. The van der Waals surface area contributed by atoms with Gasteiger partial charge < -0.3 is 19.9 Å². The van der Waals surface area contributed by atoms with Crippen LogP contribution >= 0.6 is 0 Å². The van der Waals surface area contributed by atoms with E-state index in [1.165, 1.54) is 12.1 Å². The van der Waals surface area contributed by atoms with Crippen LogP contribution in [0.4, 0.5) is 5.69 Å². The van der Waals surface area contributed by atoms with E-state index in [1.807, 2.05) is 0 Å². The molecule has 0 aliphatic carbocycles. The quantitative estimate of drug-likeness (QED) is 0.442. The highest BCUT2D eigenvalue weighted by Gasteiger charge is 2.44. The number of non-ortho nitro benzene ring substituents is 1. The molecule has 0 saturated carbocycles. The molecule has 2 N–H and O–H groups in total. The number of ether oxygens (including phenoxy) is 3. The Morgan fingerprint density at radius 1 is 1.37 bits per heavy atom. The third-order valence-electron chi connectivity index (χ3n) is 3.84. The van der Waals surface area contributed by atoms with E-state index in [4.69, 9.17) is 19.9 Å². The van der Waals surface area contributed by atoms with E-state index in [0.717, 1.165) is 6.07 Å². The van der Waals surface area contributed by atoms with Crippen LogP contribution < -0.4 is 10.5 Å². The number of carbonyl (C=O) groups is 2. The molecule has 1 heterocycles. The largest absolute Gasteiger partial charge is 0.465 e. The Kier molecular flexibility index (Phi) is 5.97. The zero-order chi connectivity index (χ0) is 20.1. The van der Waals surface area contributed by atoms with Crippen LogP contribution in [-0.2, 0) is 19.1 Å². The molecule has 2 rings (SSSR count). The van der Waals surface area contributed by atoms with Crippen LogP contribution in [0.1, 0.15) is 25.3 Å². The van der Waals surface area contributed by atoms with Crippen LogP contribution in [0, 0.1) is 27.4 Å². The maximum Gasteiger partial charge on any atom is 0.340 e. The molecule has 2 atom stereocenters. The van der Waals surface area contributed by atoms with Crippen molar-refractivity contribution in [1.29, 1.82) is 5.26 Å². The van der Waals surface area contributed by atoms with Crippen molar-refractivity contribution in [3.63, 3.8) is 0 Å². The van der Waals surface area contributed by atoms with Crippen LogP contribution in [-0.4, -0.2) is 30.1 Å². The topological polar surface area (TPSA) is 155 Å². The summed E-state index contributed by atoms with van der Waals surface area (Å²) >= 11 is 0. The molecule has 0 amide bonds. The van der Waals surface area contributed by atoms with Gasteiger partial charge in [0.05, 0.1) is 30.1 Å². The molecule has 1 aromatic carbocycles. The molecular weight excluding hydrogens is 358 g/mol. The maximum atomic E-state index is 12.4. The normalized spacial score (nSPS) is 16.4. The first kappa shape index (κ1) is 19.7. The van der Waals surface area contributed by atoms with Gasteiger partial charge in [-0.15, -0.1) is 0 Å². The highest BCUT2D eigenvalue weighted by atomic mass is 16.6. The van der Waals surface area contributed by atoms with E-state index >= 15 is 0 Å². The Morgan fingerprint density at radius 3 is 2.59 bits per heavy atom. The molecule has 27 heavy (non-hydrogen) atoms. The molecule has 0 spiro atoms. The number of hydrogen-bond donors (Lipinski definition) is 1. The lowest BCUT2D eigenvalue weighted by molar-refractivity contribution is -0.385. The number of nitro benzene ring substituents is 1. The van der Waals surface area contributed by atoms with Gasteiger partial charge in [-0.2, -0.15) is 5.26 Å². The summed E-state index contributed by atoms with van der Waals surface area (Å²) in [7, 11) is 0. The third kappa shape index (κ3) is 3.82. The highest BCUT2D eigenvalue weighted by Crippen LogP contribution is 2.44. The smallest absolute Gasteiger partial charge is 0.340 e. The molecule has 1 aromatic rings. The summed E-state index contributed by atoms with van der Waals surface area (Å²) in [5.41, 5.74) is 5.38. The Labute approximate surface area is 154 Å². The fourth-order valence-electron chi connectivity index (χ4n) is 2.75. The molecule has 0 aromatic heterocycles. The molecule has 142 valence electrons. The molecule has 1 aliphatic heterocycles. The minimum absolute atomic E-state index is 0.00989. The van der Waals surface area contributed by atoms with Gasteiger partial charge in [0, 0.05) is 17.7 Å². The van der Waals surface area contributed by atoms with Gasteiger partial charge in [0.25, 0.3) is 5.69 Å². The summed E-state index contributed by atoms with van der Waals surface area (Å²) < 4.78 is 15.3. The van der Waals surface area contributed by atoms with Crippen molar-refractivity contribution in [1.82, 2.24) is 0 Å². The number of carbonyl (C=O) groups excluding carboxylic acids is 2. The average Bonchev–Trinajstić information content (AvgIpc) is 2.62. The van der Waals surface area contributed by atoms with Crippen molar-refractivity contribution in [3.05, 3.63) is 45.3 Å². The van der Waals surface area contributed by atoms with Crippen molar-refractivity contribution >= 4 is 17.6 Å². The summed E-state index contributed by atoms with van der Waals surface area (Å²) in [5.74, 6) is -4.74. The SMILES string of the molecule is CCOC(=O)C1=C(N)Oc2ccc([N+](=O)[O-])cc2C1C(C#N)C(=O)OCC. The van der Waals surface area contributed by atoms with Crippen LogP contribution in [0.5, 0.6) is 5.75 Å². The predicted octanol–water partition coefficient (Wildman–Crippen LogP) is 1.51. The molecule has 10 nitrogen and oxygen atoms in total. The molecule has 0 saturated heterocycles. The second-order valence-corrected chi connectivity index (χ2v) is 5.42. The Morgan fingerprint density at radius 2 is 2.04 bits per heavy atom. The number of fused-ring (bicyclic) bond motifs is 1. The maximum absolute atomic E-state index is 12.4. The molecule has 2 unspecified atom stereocenters. The first-order valence-corrected chi connectivity index (χ1v) is 8.04. The lowest BCUT2D eigenvalue weighted by Gasteiger charge is -2.29. The zero-order valence-corrected chi connectivity index (χ0v) is 14.6. The fourth-order valence-corrected chi connectivity index (χ4v) is 2.75. The lowest BCUT2D eigenvalue weighted by Crippen LogP contribution is -2.34. The van der Waals surface area contributed by atoms with Gasteiger partial charge in [-0.25, -0.2) is 4.79 Å². The molecular formula is C17H17N3O7. The fraction of sp³-hybridized carbons (Fsp3) is 0.353. The number of nitriles is 1. The molecule has 10 heteroatoms. The number of benzene rings is 1. The van der Waals surface area contributed by atoms with Gasteiger partial charge in [0.15, 0.2) is 5.92 Å². The van der Waals surface area contributed by atoms with Crippen molar-refractivity contribution in [3.8, 4) is 11.8 Å². The molecule has 0 radical (unpaired) electrons. The van der Waals surface area contributed by atoms with Gasteiger partial charge in [0.1, 0.15) is 11.3 Å². The average molecular weight is 375 g/mol. The zero-order valence-electron chi connectivity index (χ0n) is 14.6. The molecule has 0 fully saturated rings. The number of nitrogens with zero attached hydrogens (tertiary/aromatic N) is 2. The first-order chi connectivity index (χ1) is 12.8. The summed E-state index contributed by atoms with van der Waals surface area (Å²) in [6.07, 6.45) is 0. The van der Waals surface area contributed by atoms with Gasteiger partial charge in [-0.3, -0.25) is 14.9 Å². The van der Waals surface area contributed by atoms with Crippen molar-refractivity contribution in [2.24, 2.45) is 11.7 Å². The van der Waals surface area contributed by atoms with Crippen LogP contribution in [0.25, 0.3) is 0 Å². The van der Waals surface area contributed by atoms with Crippen molar-refractivity contribution < 1.29 is 28.7 Å². The highest BCUT2D eigenvalue weighted by molar-refractivity contribution is 5.94. The monoisotopic (exact) mass is 375 g/mol. The van der Waals surface area contributed by atoms with Crippen LogP contribution in [0.3, 0.4) is 0 Å². The van der Waals surface area contributed by atoms with Crippen LogP contribution in [0.2, 0.25) is 0 Å².